The van der Waals surface area contributed by atoms with Gasteiger partial charge in [0, 0.05) is 27.6 Å². The molecular weight excluding hydrogens is 631 g/mol. The van der Waals surface area contributed by atoms with E-state index < -0.39 is 5.41 Å². The summed E-state index contributed by atoms with van der Waals surface area (Å²) in [4.78, 5) is 14.1. The summed E-state index contributed by atoms with van der Waals surface area (Å²) in [5, 5.41) is 2.42. The van der Waals surface area contributed by atoms with E-state index >= 15 is 0 Å². The summed E-state index contributed by atoms with van der Waals surface area (Å²) >= 11 is 0. The summed E-state index contributed by atoms with van der Waals surface area (Å²) in [6.07, 6.45) is 6.48. The molecule has 0 radical (unpaired) electrons. The summed E-state index contributed by atoms with van der Waals surface area (Å²) in [6, 6.07) is 56.6. The fourth-order valence-corrected chi connectivity index (χ4v) is 9.15. The van der Waals surface area contributed by atoms with Crippen LogP contribution in [0.4, 0.5) is 0 Å². The van der Waals surface area contributed by atoms with Crippen molar-refractivity contribution in [3.63, 3.8) is 0 Å². The van der Waals surface area contributed by atoms with Crippen LogP contribution in [0, 0.1) is 0 Å². The van der Waals surface area contributed by atoms with Crippen LogP contribution in [0.25, 0.3) is 55.3 Å². The third-order valence-corrected chi connectivity index (χ3v) is 11.3. The molecule has 2 heteroatoms. The van der Waals surface area contributed by atoms with Gasteiger partial charge in [0.1, 0.15) is 0 Å². The van der Waals surface area contributed by atoms with Gasteiger partial charge in [-0.2, -0.15) is 0 Å². The van der Waals surface area contributed by atoms with Crippen LogP contribution in [-0.4, -0.2) is 10.4 Å². The first-order valence-electron chi connectivity index (χ1n) is 18.0. The van der Waals surface area contributed by atoms with Gasteiger partial charge >= 0.3 is 0 Å². The first-order valence-corrected chi connectivity index (χ1v) is 18.0. The van der Waals surface area contributed by atoms with Crippen molar-refractivity contribution in [2.24, 2.45) is 0 Å². The normalized spacial score (nSPS) is 14.2. The lowest BCUT2D eigenvalue weighted by atomic mass is 9.61. The number of benzene rings is 7. The SMILES string of the molecule is C/C=C\C(=C/C)c1cc(-c2ccccc2)cc(-n2c3ccccc3c3cc4c(cc32)C2(c3ccccc3C(=O)c3ccccc32)c2ccccc2-4)c1. The van der Waals surface area contributed by atoms with E-state index in [0.717, 1.165) is 39.0 Å². The molecule has 0 fully saturated rings. The number of hydrogen-bond donors (Lipinski definition) is 0. The van der Waals surface area contributed by atoms with Crippen molar-refractivity contribution in [2.75, 3.05) is 0 Å². The van der Waals surface area contributed by atoms with E-state index in [1.54, 1.807) is 0 Å². The van der Waals surface area contributed by atoms with Gasteiger partial charge in [-0.15, -0.1) is 0 Å². The predicted molar refractivity (Wildman–Crippen MR) is 215 cm³/mol. The quantitative estimate of drug-likeness (QED) is 0.172. The number of para-hydroxylation sites is 1. The molecule has 0 aliphatic heterocycles. The Kier molecular flexibility index (Phi) is 6.71. The Bertz CT molecular complexity index is 2780. The number of hydrogen-bond acceptors (Lipinski definition) is 1. The van der Waals surface area contributed by atoms with Gasteiger partial charge in [-0.05, 0) is 106 Å². The van der Waals surface area contributed by atoms with Crippen molar-refractivity contribution in [1.82, 2.24) is 4.57 Å². The Hall–Kier alpha value is -6.51. The van der Waals surface area contributed by atoms with Gasteiger partial charge in [0.2, 0.25) is 0 Å². The molecule has 0 saturated carbocycles. The van der Waals surface area contributed by atoms with E-state index in [1.165, 1.54) is 55.3 Å². The summed E-state index contributed by atoms with van der Waals surface area (Å²) < 4.78 is 2.45. The molecule has 8 aromatic rings. The van der Waals surface area contributed by atoms with E-state index in [2.05, 4.69) is 170 Å². The second-order valence-electron chi connectivity index (χ2n) is 13.9. The third-order valence-electron chi connectivity index (χ3n) is 11.3. The van der Waals surface area contributed by atoms with Crippen molar-refractivity contribution in [3.05, 3.63) is 215 Å². The van der Waals surface area contributed by atoms with Crippen LogP contribution in [0.3, 0.4) is 0 Å². The van der Waals surface area contributed by atoms with Crippen LogP contribution < -0.4 is 0 Å². The van der Waals surface area contributed by atoms with Crippen LogP contribution >= 0.6 is 0 Å². The molecule has 1 spiro atoms. The molecule has 0 unspecified atom stereocenters. The van der Waals surface area contributed by atoms with E-state index in [-0.39, 0.29) is 5.78 Å². The number of allylic oxidation sites excluding steroid dienone is 4. The molecule has 0 N–H and O–H groups in total. The molecule has 0 amide bonds. The van der Waals surface area contributed by atoms with Gasteiger partial charge in [0.05, 0.1) is 16.4 Å². The fraction of sp³-hybridized carbons (Fsp3) is 0.0600. The highest BCUT2D eigenvalue weighted by molar-refractivity contribution is 6.16. The van der Waals surface area contributed by atoms with Crippen LogP contribution in [0.15, 0.2) is 176 Å². The summed E-state index contributed by atoms with van der Waals surface area (Å²) in [7, 11) is 0. The minimum absolute atomic E-state index is 0.0871. The number of rotatable bonds is 4. The predicted octanol–water partition coefficient (Wildman–Crippen LogP) is 12.3. The molecule has 2 aliphatic rings. The third kappa shape index (κ3) is 4.09. The van der Waals surface area contributed by atoms with E-state index in [9.17, 15) is 4.79 Å². The number of carbonyl (C=O) groups excluding carboxylic acids is 1. The molecule has 0 bridgehead atoms. The Morgan fingerprint density at radius 3 is 1.83 bits per heavy atom. The summed E-state index contributed by atoms with van der Waals surface area (Å²) in [6.45, 7) is 4.18. The van der Waals surface area contributed by atoms with Crippen molar-refractivity contribution < 1.29 is 4.79 Å². The minimum Gasteiger partial charge on any atom is -0.309 e. The van der Waals surface area contributed by atoms with Crippen molar-refractivity contribution >= 4 is 33.2 Å². The molecule has 0 saturated heterocycles. The number of nitrogens with zero attached hydrogens (tertiary/aromatic N) is 1. The van der Waals surface area contributed by atoms with Crippen molar-refractivity contribution in [3.8, 4) is 27.9 Å². The highest BCUT2D eigenvalue weighted by Gasteiger charge is 2.51. The van der Waals surface area contributed by atoms with Crippen LogP contribution in [0.5, 0.6) is 0 Å². The Morgan fingerprint density at radius 1 is 0.519 bits per heavy atom. The molecule has 1 heterocycles. The molecule has 246 valence electrons. The minimum atomic E-state index is -0.649. The zero-order valence-corrected chi connectivity index (χ0v) is 29.1. The zero-order valence-electron chi connectivity index (χ0n) is 29.1. The van der Waals surface area contributed by atoms with Gasteiger partial charge in [-0.3, -0.25) is 4.79 Å². The van der Waals surface area contributed by atoms with Gasteiger partial charge < -0.3 is 4.57 Å². The lowest BCUT2D eigenvalue weighted by Gasteiger charge is -2.39. The number of ketones is 1. The average molecular weight is 666 g/mol. The Labute approximate surface area is 303 Å². The number of fused-ring (bicyclic) bond motifs is 12. The molecule has 1 aromatic heterocycles. The van der Waals surface area contributed by atoms with E-state index in [4.69, 9.17) is 0 Å². The van der Waals surface area contributed by atoms with Crippen molar-refractivity contribution in [2.45, 2.75) is 19.3 Å². The second kappa shape index (κ2) is 11.5. The first-order chi connectivity index (χ1) is 25.6. The summed E-state index contributed by atoms with van der Waals surface area (Å²) in [5.41, 5.74) is 15.9. The lowest BCUT2D eigenvalue weighted by molar-refractivity contribution is 0.103. The maximum Gasteiger partial charge on any atom is 0.193 e. The second-order valence-corrected chi connectivity index (χ2v) is 13.9. The first kappa shape index (κ1) is 30.3. The molecule has 2 nitrogen and oxygen atoms in total. The standard InChI is InChI=1S/C50H35NO/c1-3-16-32(4-2)34-27-35(33-17-6-5-7-18-33)29-36(28-34)51-47-26-15-11-20-38(47)42-30-41-37-19-8-12-23-43(37)50(46(41)31-48(42)51)44-24-13-9-21-39(44)49(52)40-22-10-14-25-45(40)50/h3-31H,1-2H3/b16-3-,32-4+. The average Bonchev–Trinajstić information content (AvgIpc) is 3.68. The van der Waals surface area contributed by atoms with E-state index in [0.29, 0.717) is 0 Å². The van der Waals surface area contributed by atoms with Gasteiger partial charge in [0.15, 0.2) is 5.78 Å². The molecule has 52 heavy (non-hydrogen) atoms. The smallest absolute Gasteiger partial charge is 0.193 e. The largest absolute Gasteiger partial charge is 0.309 e. The molecule has 10 rings (SSSR count). The fourth-order valence-electron chi connectivity index (χ4n) is 9.15. The topological polar surface area (TPSA) is 22.0 Å². The maximum absolute atomic E-state index is 14.1. The zero-order chi connectivity index (χ0) is 35.0. The van der Waals surface area contributed by atoms with Crippen molar-refractivity contribution in [1.29, 1.82) is 0 Å². The van der Waals surface area contributed by atoms with Gasteiger partial charge in [0.25, 0.3) is 0 Å². The number of aromatic nitrogens is 1. The maximum atomic E-state index is 14.1. The number of carbonyl (C=O) groups is 1. The van der Waals surface area contributed by atoms with Gasteiger partial charge in [-0.1, -0.05) is 140 Å². The van der Waals surface area contributed by atoms with Crippen LogP contribution in [0.1, 0.15) is 57.6 Å². The molecule has 0 atom stereocenters. The highest BCUT2D eigenvalue weighted by atomic mass is 16.1. The Morgan fingerprint density at radius 2 is 1.13 bits per heavy atom. The Balaban J connectivity index is 1.35. The molecule has 2 aliphatic carbocycles. The molecule has 7 aromatic carbocycles. The lowest BCUT2D eigenvalue weighted by Crippen LogP contribution is -2.36. The summed E-state index contributed by atoms with van der Waals surface area (Å²) in [5.74, 6) is 0.0871. The van der Waals surface area contributed by atoms with Crippen LogP contribution in [-0.2, 0) is 5.41 Å². The van der Waals surface area contributed by atoms with E-state index in [1.807, 2.05) is 24.3 Å². The highest BCUT2D eigenvalue weighted by Crippen LogP contribution is 2.60. The monoisotopic (exact) mass is 665 g/mol. The molecular formula is C50H35NO. The van der Waals surface area contributed by atoms with Crippen LogP contribution in [0.2, 0.25) is 0 Å². The van der Waals surface area contributed by atoms with Gasteiger partial charge in [-0.25, -0.2) is 0 Å².